The Morgan fingerprint density at radius 1 is 1.44 bits per heavy atom. The third-order valence-electron chi connectivity index (χ3n) is 2.30. The molecule has 1 aliphatic rings. The van der Waals surface area contributed by atoms with Crippen LogP contribution in [0.15, 0.2) is 0 Å². The smallest absolute Gasteiger partial charge is 0.323 e. The van der Waals surface area contributed by atoms with E-state index in [0.717, 1.165) is 0 Å². The molecule has 0 bridgehead atoms. The molecule has 8 heteroatoms. The zero-order valence-electron chi connectivity index (χ0n) is 9.39. The van der Waals surface area contributed by atoms with Gasteiger partial charge in [-0.2, -0.15) is 17.4 Å². The molecule has 0 aromatic heterocycles. The first-order valence-electron chi connectivity index (χ1n) is 5.03. The Balaban J connectivity index is 2.60. The highest BCUT2D eigenvalue weighted by atomic mass is 32.2. The summed E-state index contributed by atoms with van der Waals surface area (Å²) in [6.45, 7) is 3.50. The van der Waals surface area contributed by atoms with Crippen molar-refractivity contribution in [2.75, 3.05) is 33.3 Å². The van der Waals surface area contributed by atoms with E-state index in [-0.39, 0.29) is 0 Å². The van der Waals surface area contributed by atoms with E-state index in [1.165, 1.54) is 18.3 Å². The number of piperazine rings is 1. The Morgan fingerprint density at radius 2 is 2.00 bits per heavy atom. The summed E-state index contributed by atoms with van der Waals surface area (Å²) in [6.07, 6.45) is 0. The summed E-state index contributed by atoms with van der Waals surface area (Å²) >= 11 is 0. The van der Waals surface area contributed by atoms with Crippen LogP contribution in [-0.2, 0) is 19.7 Å². The Kier molecular flexibility index (Phi) is 4.66. The number of hydrogen-bond donors (Lipinski definition) is 2. The lowest BCUT2D eigenvalue weighted by Crippen LogP contribution is -2.53. The van der Waals surface area contributed by atoms with Gasteiger partial charge in [-0.25, -0.2) is 0 Å². The van der Waals surface area contributed by atoms with E-state index < -0.39 is 22.2 Å². The number of carbonyl (C=O) groups excluding carboxylic acids is 1. The number of hydrogen-bond acceptors (Lipinski definition) is 5. The second-order valence-corrected chi connectivity index (χ2v) is 5.22. The van der Waals surface area contributed by atoms with E-state index in [0.29, 0.717) is 26.2 Å². The minimum atomic E-state index is -3.60. The molecule has 0 unspecified atom stereocenters. The molecule has 1 atom stereocenters. The third-order valence-corrected chi connectivity index (χ3v) is 3.99. The van der Waals surface area contributed by atoms with Gasteiger partial charge in [0.25, 0.3) is 10.2 Å². The third kappa shape index (κ3) is 3.41. The number of methoxy groups -OCH3 is 1. The average Bonchev–Trinajstić information content (AvgIpc) is 2.28. The lowest BCUT2D eigenvalue weighted by Gasteiger charge is -2.27. The minimum Gasteiger partial charge on any atom is -0.468 e. The molecule has 0 amide bonds. The number of esters is 1. The molecule has 1 saturated heterocycles. The molecule has 1 heterocycles. The van der Waals surface area contributed by atoms with Crippen molar-refractivity contribution in [1.82, 2.24) is 14.3 Å². The molecule has 7 nitrogen and oxygen atoms in total. The highest BCUT2D eigenvalue weighted by Crippen LogP contribution is 2.01. The van der Waals surface area contributed by atoms with Crippen molar-refractivity contribution >= 4 is 16.2 Å². The highest BCUT2D eigenvalue weighted by molar-refractivity contribution is 7.87. The monoisotopic (exact) mass is 251 g/mol. The average molecular weight is 251 g/mol. The number of carbonyl (C=O) groups is 1. The topological polar surface area (TPSA) is 87.7 Å². The Labute approximate surface area is 95.3 Å². The van der Waals surface area contributed by atoms with Crippen LogP contribution in [0.2, 0.25) is 0 Å². The van der Waals surface area contributed by atoms with Crippen LogP contribution in [0, 0.1) is 0 Å². The van der Waals surface area contributed by atoms with Gasteiger partial charge in [0.1, 0.15) is 6.04 Å². The van der Waals surface area contributed by atoms with Crippen LogP contribution in [0.5, 0.6) is 0 Å². The molecule has 16 heavy (non-hydrogen) atoms. The van der Waals surface area contributed by atoms with Gasteiger partial charge >= 0.3 is 5.97 Å². The van der Waals surface area contributed by atoms with Gasteiger partial charge in [0, 0.05) is 26.2 Å². The fourth-order valence-electron chi connectivity index (χ4n) is 1.41. The molecule has 0 radical (unpaired) electrons. The van der Waals surface area contributed by atoms with Gasteiger partial charge in [-0.3, -0.25) is 4.79 Å². The number of rotatable bonds is 4. The summed E-state index contributed by atoms with van der Waals surface area (Å²) in [5.74, 6) is -0.598. The highest BCUT2D eigenvalue weighted by Gasteiger charge is 2.27. The molecule has 0 saturated carbocycles. The molecule has 0 aliphatic carbocycles. The number of nitrogens with one attached hydrogen (secondary N) is 2. The van der Waals surface area contributed by atoms with Crippen molar-refractivity contribution in [2.24, 2.45) is 0 Å². The Morgan fingerprint density at radius 3 is 2.50 bits per heavy atom. The van der Waals surface area contributed by atoms with Gasteiger partial charge < -0.3 is 10.1 Å². The Hall–Kier alpha value is -0.700. The maximum Gasteiger partial charge on any atom is 0.323 e. The maximum absolute atomic E-state index is 11.8. The molecule has 94 valence electrons. The molecule has 1 aliphatic heterocycles. The summed E-state index contributed by atoms with van der Waals surface area (Å²) in [5.41, 5.74) is 0. The number of nitrogens with zero attached hydrogens (tertiary/aromatic N) is 1. The van der Waals surface area contributed by atoms with Crippen molar-refractivity contribution in [2.45, 2.75) is 13.0 Å². The van der Waals surface area contributed by atoms with Crippen LogP contribution in [0.3, 0.4) is 0 Å². The largest absolute Gasteiger partial charge is 0.468 e. The van der Waals surface area contributed by atoms with Crippen LogP contribution in [0.1, 0.15) is 6.92 Å². The summed E-state index contributed by atoms with van der Waals surface area (Å²) in [7, 11) is -2.37. The lowest BCUT2D eigenvalue weighted by atomic mass is 10.4. The second kappa shape index (κ2) is 5.58. The predicted octanol–water partition coefficient (Wildman–Crippen LogP) is -1.71. The first-order chi connectivity index (χ1) is 7.47. The summed E-state index contributed by atoms with van der Waals surface area (Å²) in [6, 6.07) is -0.870. The molecule has 1 fully saturated rings. The molecule has 1 rings (SSSR count). The molecule has 0 aromatic carbocycles. The predicted molar refractivity (Wildman–Crippen MR) is 58.0 cm³/mol. The zero-order valence-corrected chi connectivity index (χ0v) is 10.2. The van der Waals surface area contributed by atoms with Crippen molar-refractivity contribution < 1.29 is 17.9 Å². The van der Waals surface area contributed by atoms with Gasteiger partial charge in [-0.05, 0) is 6.92 Å². The minimum absolute atomic E-state index is 0.406. The van der Waals surface area contributed by atoms with Crippen molar-refractivity contribution in [3.05, 3.63) is 0 Å². The van der Waals surface area contributed by atoms with Crippen molar-refractivity contribution in [3.63, 3.8) is 0 Å². The second-order valence-electron chi connectivity index (χ2n) is 3.52. The van der Waals surface area contributed by atoms with Gasteiger partial charge in [0.15, 0.2) is 0 Å². The molecular weight excluding hydrogens is 234 g/mol. The molecule has 2 N–H and O–H groups in total. The van der Waals surface area contributed by atoms with Gasteiger partial charge in [-0.1, -0.05) is 0 Å². The van der Waals surface area contributed by atoms with Crippen LogP contribution in [-0.4, -0.2) is 58.0 Å². The first-order valence-corrected chi connectivity index (χ1v) is 6.47. The van der Waals surface area contributed by atoms with Crippen LogP contribution >= 0.6 is 0 Å². The summed E-state index contributed by atoms with van der Waals surface area (Å²) < 4.78 is 31.6. The van der Waals surface area contributed by atoms with E-state index >= 15 is 0 Å². The fraction of sp³-hybridized carbons (Fsp3) is 0.875. The standard InChI is InChI=1S/C8H17N3O4S/c1-7(8(12)15-2)10-16(13,14)11-5-3-9-4-6-11/h7,9-10H,3-6H2,1-2H3/t7-/m1/s1. The quantitative estimate of drug-likeness (QED) is 0.581. The lowest BCUT2D eigenvalue weighted by molar-refractivity contribution is -0.142. The van der Waals surface area contributed by atoms with Crippen molar-refractivity contribution in [1.29, 1.82) is 0 Å². The SMILES string of the molecule is COC(=O)[C@@H](C)NS(=O)(=O)N1CCNCC1. The van der Waals surface area contributed by atoms with E-state index in [4.69, 9.17) is 0 Å². The maximum atomic E-state index is 11.8. The van der Waals surface area contributed by atoms with E-state index in [1.54, 1.807) is 0 Å². The molecular formula is C8H17N3O4S. The van der Waals surface area contributed by atoms with Gasteiger partial charge in [0.2, 0.25) is 0 Å². The molecule has 0 spiro atoms. The number of ether oxygens (including phenoxy) is 1. The Bertz CT molecular complexity index is 337. The van der Waals surface area contributed by atoms with Crippen LogP contribution in [0.25, 0.3) is 0 Å². The van der Waals surface area contributed by atoms with Crippen LogP contribution in [0.4, 0.5) is 0 Å². The van der Waals surface area contributed by atoms with E-state index in [1.807, 2.05) is 0 Å². The van der Waals surface area contributed by atoms with Crippen LogP contribution < -0.4 is 10.0 Å². The zero-order chi connectivity index (χ0) is 12.2. The van der Waals surface area contributed by atoms with Crippen molar-refractivity contribution in [3.8, 4) is 0 Å². The van der Waals surface area contributed by atoms with E-state index in [2.05, 4.69) is 14.8 Å². The van der Waals surface area contributed by atoms with Gasteiger partial charge in [0.05, 0.1) is 7.11 Å². The van der Waals surface area contributed by atoms with E-state index in [9.17, 15) is 13.2 Å². The normalized spacial score (nSPS) is 20.4. The fourth-order valence-corrected chi connectivity index (χ4v) is 2.76. The summed E-state index contributed by atoms with van der Waals surface area (Å²) in [4.78, 5) is 11.1. The summed E-state index contributed by atoms with van der Waals surface area (Å²) in [5, 5.41) is 3.05. The van der Waals surface area contributed by atoms with Gasteiger partial charge in [-0.15, -0.1) is 0 Å². The molecule has 0 aromatic rings. The first kappa shape index (κ1) is 13.4.